The van der Waals surface area contributed by atoms with Crippen LogP contribution >= 0.6 is 0 Å². The lowest BCUT2D eigenvalue weighted by molar-refractivity contribution is -0.117. The topological polar surface area (TPSA) is 20.3 Å². The molecule has 0 aromatic heterocycles. The fraction of sp³-hybridized carbons (Fsp3) is 0.917. The van der Waals surface area contributed by atoms with Crippen molar-refractivity contribution in [2.24, 2.45) is 5.92 Å². The molecule has 0 aliphatic heterocycles. The summed E-state index contributed by atoms with van der Waals surface area (Å²) in [6, 6.07) is 0.632. The van der Waals surface area contributed by atoms with E-state index >= 15 is 0 Å². The number of unbranched alkanes of at least 4 members (excludes halogenated alkanes) is 1. The van der Waals surface area contributed by atoms with E-state index in [1.807, 2.05) is 0 Å². The van der Waals surface area contributed by atoms with Gasteiger partial charge in [0.25, 0.3) is 0 Å². The van der Waals surface area contributed by atoms with Crippen LogP contribution in [0.15, 0.2) is 0 Å². The molecule has 0 aliphatic rings. The van der Waals surface area contributed by atoms with Gasteiger partial charge in [-0.1, -0.05) is 13.8 Å². The van der Waals surface area contributed by atoms with E-state index in [0.29, 0.717) is 17.7 Å². The van der Waals surface area contributed by atoms with Gasteiger partial charge in [-0.05, 0) is 46.2 Å². The average molecular weight is 199 g/mol. The molecular formula is C12H25NO. The van der Waals surface area contributed by atoms with Crippen LogP contribution in [-0.4, -0.2) is 30.3 Å². The number of carbonyl (C=O) groups excluding carboxylic acids is 1. The van der Waals surface area contributed by atoms with E-state index in [4.69, 9.17) is 0 Å². The first-order valence-corrected chi connectivity index (χ1v) is 5.64. The molecule has 0 saturated heterocycles. The smallest absolute Gasteiger partial charge is 0.129 e. The van der Waals surface area contributed by atoms with Gasteiger partial charge in [0.2, 0.25) is 0 Å². The first-order valence-electron chi connectivity index (χ1n) is 5.64. The van der Waals surface area contributed by atoms with E-state index in [1.54, 1.807) is 6.92 Å². The van der Waals surface area contributed by atoms with Crippen LogP contribution in [-0.2, 0) is 4.79 Å². The summed E-state index contributed by atoms with van der Waals surface area (Å²) in [6.07, 6.45) is 2.90. The number of Topliss-reactive ketones (excluding diaryl/α,β-unsaturated/α-hetero) is 1. The highest BCUT2D eigenvalue weighted by atomic mass is 16.1. The Bertz CT molecular complexity index is 166. The molecule has 84 valence electrons. The lowest BCUT2D eigenvalue weighted by atomic mass is 10.0. The van der Waals surface area contributed by atoms with Crippen molar-refractivity contribution in [2.45, 2.75) is 53.0 Å². The van der Waals surface area contributed by atoms with Gasteiger partial charge in [-0.25, -0.2) is 0 Å². The molecule has 0 aromatic carbocycles. The second kappa shape index (κ2) is 6.99. The molecule has 0 rings (SSSR count). The average Bonchev–Trinajstić information content (AvgIpc) is 2.10. The second-order valence-corrected chi connectivity index (χ2v) is 4.62. The predicted octanol–water partition coefficient (Wildman–Crippen LogP) is 2.72. The summed E-state index contributed by atoms with van der Waals surface area (Å²) in [4.78, 5) is 13.1. The van der Waals surface area contributed by atoms with Gasteiger partial charge in [-0.15, -0.1) is 0 Å². The molecule has 0 bridgehead atoms. The zero-order chi connectivity index (χ0) is 11.1. The molecule has 1 unspecified atom stereocenters. The van der Waals surface area contributed by atoms with Gasteiger partial charge in [0.1, 0.15) is 5.78 Å². The van der Waals surface area contributed by atoms with Crippen LogP contribution in [0, 0.1) is 5.92 Å². The molecule has 0 radical (unpaired) electrons. The molecule has 14 heavy (non-hydrogen) atoms. The number of hydrogen-bond donors (Lipinski definition) is 0. The third-order valence-corrected chi connectivity index (χ3v) is 2.95. The van der Waals surface area contributed by atoms with Crippen molar-refractivity contribution >= 4 is 5.78 Å². The number of rotatable bonds is 7. The summed E-state index contributed by atoms with van der Waals surface area (Å²) in [5.74, 6) is 1.01. The molecule has 0 spiro atoms. The first-order chi connectivity index (χ1) is 6.45. The lowest BCUT2D eigenvalue weighted by Crippen LogP contribution is -2.33. The highest BCUT2D eigenvalue weighted by molar-refractivity contribution is 5.75. The lowest BCUT2D eigenvalue weighted by Gasteiger charge is -2.27. The minimum absolute atomic E-state index is 0.310. The SMILES string of the molecule is CC(=O)CCCCN(C)C(C)C(C)C. The van der Waals surface area contributed by atoms with E-state index in [1.165, 1.54) is 0 Å². The zero-order valence-corrected chi connectivity index (χ0v) is 10.3. The van der Waals surface area contributed by atoms with Crippen molar-refractivity contribution in [3.63, 3.8) is 0 Å². The number of ketones is 1. The Hall–Kier alpha value is -0.370. The number of hydrogen-bond acceptors (Lipinski definition) is 2. The van der Waals surface area contributed by atoms with Crippen molar-refractivity contribution in [3.8, 4) is 0 Å². The second-order valence-electron chi connectivity index (χ2n) is 4.62. The van der Waals surface area contributed by atoms with Crippen LogP contribution in [0.2, 0.25) is 0 Å². The molecule has 0 heterocycles. The normalized spacial score (nSPS) is 13.6. The summed E-state index contributed by atoms with van der Waals surface area (Å²) in [5, 5.41) is 0. The van der Waals surface area contributed by atoms with Gasteiger partial charge in [0.05, 0.1) is 0 Å². The summed E-state index contributed by atoms with van der Waals surface area (Å²) in [5.41, 5.74) is 0. The molecule has 0 aliphatic carbocycles. The quantitative estimate of drug-likeness (QED) is 0.588. The summed E-state index contributed by atoms with van der Waals surface area (Å²) in [6.45, 7) is 9.52. The predicted molar refractivity (Wildman–Crippen MR) is 61.5 cm³/mol. The highest BCUT2D eigenvalue weighted by Crippen LogP contribution is 2.09. The van der Waals surface area contributed by atoms with E-state index in [2.05, 4.69) is 32.7 Å². The van der Waals surface area contributed by atoms with Gasteiger partial charge in [-0.3, -0.25) is 0 Å². The molecular weight excluding hydrogens is 174 g/mol. The number of carbonyl (C=O) groups is 1. The molecule has 0 fully saturated rings. The van der Waals surface area contributed by atoms with Gasteiger partial charge >= 0.3 is 0 Å². The van der Waals surface area contributed by atoms with E-state index in [-0.39, 0.29) is 0 Å². The maximum atomic E-state index is 10.7. The molecule has 0 amide bonds. The highest BCUT2D eigenvalue weighted by Gasteiger charge is 2.11. The Balaban J connectivity index is 3.53. The Kier molecular flexibility index (Phi) is 6.81. The third-order valence-electron chi connectivity index (χ3n) is 2.95. The largest absolute Gasteiger partial charge is 0.303 e. The van der Waals surface area contributed by atoms with Crippen LogP contribution in [0.3, 0.4) is 0 Å². The van der Waals surface area contributed by atoms with Gasteiger partial charge in [0, 0.05) is 12.5 Å². The van der Waals surface area contributed by atoms with Crippen LogP contribution in [0.25, 0.3) is 0 Å². The number of nitrogens with zero attached hydrogens (tertiary/aromatic N) is 1. The van der Waals surface area contributed by atoms with Crippen molar-refractivity contribution in [3.05, 3.63) is 0 Å². The third kappa shape index (κ3) is 6.14. The van der Waals surface area contributed by atoms with Crippen LogP contribution in [0.1, 0.15) is 47.0 Å². The standard InChI is InChI=1S/C12H25NO/c1-10(2)12(4)13(5)9-7-6-8-11(3)14/h10,12H,6-9H2,1-5H3. The van der Waals surface area contributed by atoms with Crippen LogP contribution in [0.5, 0.6) is 0 Å². The van der Waals surface area contributed by atoms with E-state index < -0.39 is 0 Å². The Morgan fingerprint density at radius 2 is 1.79 bits per heavy atom. The van der Waals surface area contributed by atoms with Crippen molar-refractivity contribution in [1.82, 2.24) is 4.90 Å². The summed E-state index contributed by atoms with van der Waals surface area (Å²) >= 11 is 0. The maximum Gasteiger partial charge on any atom is 0.129 e. The van der Waals surface area contributed by atoms with E-state index in [0.717, 1.165) is 25.8 Å². The van der Waals surface area contributed by atoms with Crippen molar-refractivity contribution < 1.29 is 4.79 Å². The minimum atomic E-state index is 0.310. The Morgan fingerprint density at radius 3 is 2.21 bits per heavy atom. The molecule has 1 atom stereocenters. The van der Waals surface area contributed by atoms with Crippen molar-refractivity contribution in [2.75, 3.05) is 13.6 Å². The monoisotopic (exact) mass is 199 g/mol. The molecule has 0 saturated carbocycles. The molecule has 2 heteroatoms. The minimum Gasteiger partial charge on any atom is -0.303 e. The summed E-state index contributed by atoms with van der Waals surface area (Å²) < 4.78 is 0. The van der Waals surface area contributed by atoms with Crippen LogP contribution < -0.4 is 0 Å². The summed E-state index contributed by atoms with van der Waals surface area (Å²) in [7, 11) is 2.17. The Labute approximate surface area is 88.7 Å². The first kappa shape index (κ1) is 13.6. The van der Waals surface area contributed by atoms with Crippen molar-refractivity contribution in [1.29, 1.82) is 0 Å². The maximum absolute atomic E-state index is 10.7. The fourth-order valence-electron chi connectivity index (χ4n) is 1.45. The Morgan fingerprint density at radius 1 is 1.21 bits per heavy atom. The molecule has 0 N–H and O–H groups in total. The zero-order valence-electron chi connectivity index (χ0n) is 10.3. The van der Waals surface area contributed by atoms with Gasteiger partial charge in [0.15, 0.2) is 0 Å². The molecule has 2 nitrogen and oxygen atoms in total. The van der Waals surface area contributed by atoms with Gasteiger partial charge in [-0.2, -0.15) is 0 Å². The van der Waals surface area contributed by atoms with E-state index in [9.17, 15) is 4.79 Å². The van der Waals surface area contributed by atoms with Crippen LogP contribution in [0.4, 0.5) is 0 Å². The fourth-order valence-corrected chi connectivity index (χ4v) is 1.45. The van der Waals surface area contributed by atoms with Gasteiger partial charge < -0.3 is 9.69 Å². The molecule has 0 aromatic rings.